The van der Waals surface area contributed by atoms with Crippen molar-refractivity contribution < 1.29 is 4.74 Å². The van der Waals surface area contributed by atoms with E-state index in [9.17, 15) is 0 Å². The summed E-state index contributed by atoms with van der Waals surface area (Å²) in [6.45, 7) is 0. The molecule has 1 saturated carbocycles. The molecule has 1 atom stereocenters. The molecule has 1 fully saturated rings. The Morgan fingerprint density at radius 2 is 2.31 bits per heavy atom. The van der Waals surface area contributed by atoms with Crippen LogP contribution in [0.3, 0.4) is 0 Å². The van der Waals surface area contributed by atoms with Crippen LogP contribution in [0.25, 0.3) is 0 Å². The lowest BCUT2D eigenvalue weighted by Gasteiger charge is -2.17. The molecule has 0 heterocycles. The van der Waals surface area contributed by atoms with E-state index in [4.69, 9.17) is 22.2 Å². The molecular weight excluding hydrogens is 224 g/mol. The second kappa shape index (κ2) is 5.04. The highest BCUT2D eigenvalue weighted by Gasteiger charge is 2.26. The maximum absolute atomic E-state index is 5.99. The first-order chi connectivity index (χ1) is 7.74. The molecule has 3 N–H and O–H groups in total. The van der Waals surface area contributed by atoms with Crippen molar-refractivity contribution in [3.8, 4) is 5.75 Å². The van der Waals surface area contributed by atoms with Gasteiger partial charge >= 0.3 is 0 Å². The molecule has 0 aliphatic heterocycles. The van der Waals surface area contributed by atoms with Crippen LogP contribution in [0.4, 0.5) is 0 Å². The average Bonchev–Trinajstić information content (AvgIpc) is 3.11. The number of hydrazine groups is 1. The number of nitrogens with two attached hydrogens (primary N) is 1. The maximum atomic E-state index is 5.99. The molecule has 16 heavy (non-hydrogen) atoms. The summed E-state index contributed by atoms with van der Waals surface area (Å²) in [5.41, 5.74) is 4.00. The van der Waals surface area contributed by atoms with Crippen molar-refractivity contribution in [3.05, 3.63) is 28.8 Å². The first kappa shape index (κ1) is 11.7. The van der Waals surface area contributed by atoms with Crippen LogP contribution >= 0.6 is 11.6 Å². The fourth-order valence-electron chi connectivity index (χ4n) is 1.88. The third kappa shape index (κ3) is 2.67. The van der Waals surface area contributed by atoms with Crippen LogP contribution in [-0.2, 0) is 0 Å². The van der Waals surface area contributed by atoms with Crippen molar-refractivity contribution in [1.82, 2.24) is 5.43 Å². The molecule has 4 heteroatoms. The molecule has 1 aliphatic carbocycles. The van der Waals surface area contributed by atoms with E-state index >= 15 is 0 Å². The molecule has 0 saturated heterocycles. The van der Waals surface area contributed by atoms with E-state index in [0.29, 0.717) is 10.8 Å². The standard InChI is InChI=1S/C12H17ClN2O/c1-16-12-7-9(4-5-10(12)13)11(15-14)6-8-2-3-8/h4-5,7-8,11,15H,2-3,6,14H2,1H3. The summed E-state index contributed by atoms with van der Waals surface area (Å²) in [5, 5.41) is 0.633. The molecule has 0 bridgehead atoms. The van der Waals surface area contributed by atoms with Gasteiger partial charge in [-0.25, -0.2) is 0 Å². The number of methoxy groups -OCH3 is 1. The van der Waals surface area contributed by atoms with Crippen molar-refractivity contribution in [2.45, 2.75) is 25.3 Å². The lowest BCUT2D eigenvalue weighted by Crippen LogP contribution is -2.28. The summed E-state index contributed by atoms with van der Waals surface area (Å²) in [7, 11) is 1.62. The largest absolute Gasteiger partial charge is 0.495 e. The highest BCUT2D eigenvalue weighted by atomic mass is 35.5. The molecule has 1 unspecified atom stereocenters. The van der Waals surface area contributed by atoms with Crippen LogP contribution in [0.1, 0.15) is 30.9 Å². The Balaban J connectivity index is 2.16. The Hall–Kier alpha value is -0.770. The Morgan fingerprint density at radius 1 is 1.56 bits per heavy atom. The zero-order valence-corrected chi connectivity index (χ0v) is 10.1. The lowest BCUT2D eigenvalue weighted by molar-refractivity contribution is 0.412. The summed E-state index contributed by atoms with van der Waals surface area (Å²) in [4.78, 5) is 0. The first-order valence-electron chi connectivity index (χ1n) is 5.54. The normalized spacial score (nSPS) is 17.2. The number of ether oxygens (including phenoxy) is 1. The predicted octanol–water partition coefficient (Wildman–Crippen LogP) is 2.65. The molecule has 0 amide bonds. The first-order valence-corrected chi connectivity index (χ1v) is 5.92. The minimum Gasteiger partial charge on any atom is -0.495 e. The van der Waals surface area contributed by atoms with E-state index in [2.05, 4.69) is 5.43 Å². The minimum absolute atomic E-state index is 0.193. The average molecular weight is 241 g/mol. The number of hydrogen-bond donors (Lipinski definition) is 2. The summed E-state index contributed by atoms with van der Waals surface area (Å²) in [6, 6.07) is 6.00. The van der Waals surface area contributed by atoms with Gasteiger partial charge in [-0.3, -0.25) is 11.3 Å². The van der Waals surface area contributed by atoms with Gasteiger partial charge in [-0.15, -0.1) is 0 Å². The summed E-state index contributed by atoms with van der Waals surface area (Å²) < 4.78 is 5.20. The van der Waals surface area contributed by atoms with Crippen LogP contribution in [0.2, 0.25) is 5.02 Å². The molecule has 0 spiro atoms. The fourth-order valence-corrected chi connectivity index (χ4v) is 2.08. The van der Waals surface area contributed by atoms with Crippen LogP contribution in [0.15, 0.2) is 18.2 Å². The minimum atomic E-state index is 0.193. The number of hydrogen-bond acceptors (Lipinski definition) is 3. The van der Waals surface area contributed by atoms with Gasteiger partial charge in [-0.2, -0.15) is 0 Å². The van der Waals surface area contributed by atoms with Crippen LogP contribution in [0.5, 0.6) is 5.75 Å². The Bertz CT molecular complexity index is 366. The van der Waals surface area contributed by atoms with E-state index < -0.39 is 0 Å². The van der Waals surface area contributed by atoms with Crippen molar-refractivity contribution in [3.63, 3.8) is 0 Å². The highest BCUT2D eigenvalue weighted by Crippen LogP contribution is 2.38. The lowest BCUT2D eigenvalue weighted by atomic mass is 10.0. The van der Waals surface area contributed by atoms with E-state index in [1.54, 1.807) is 7.11 Å². The predicted molar refractivity (Wildman–Crippen MR) is 65.4 cm³/mol. The van der Waals surface area contributed by atoms with Crippen molar-refractivity contribution >= 4 is 11.6 Å². The van der Waals surface area contributed by atoms with Gasteiger partial charge in [0.05, 0.1) is 12.1 Å². The zero-order valence-electron chi connectivity index (χ0n) is 9.37. The van der Waals surface area contributed by atoms with Crippen LogP contribution < -0.4 is 16.0 Å². The third-order valence-electron chi connectivity index (χ3n) is 3.04. The number of benzene rings is 1. The molecule has 1 aromatic rings. The van der Waals surface area contributed by atoms with Crippen molar-refractivity contribution in [2.24, 2.45) is 11.8 Å². The second-order valence-electron chi connectivity index (χ2n) is 4.29. The van der Waals surface area contributed by atoms with E-state index in [0.717, 1.165) is 17.9 Å². The van der Waals surface area contributed by atoms with Crippen molar-refractivity contribution in [2.75, 3.05) is 7.11 Å². The summed E-state index contributed by atoms with van der Waals surface area (Å²) >= 11 is 5.99. The Kier molecular flexibility index (Phi) is 3.69. The van der Waals surface area contributed by atoms with Gasteiger partial charge in [0.15, 0.2) is 0 Å². The number of nitrogens with one attached hydrogen (secondary N) is 1. The van der Waals surface area contributed by atoms with Gasteiger partial charge in [-0.1, -0.05) is 30.5 Å². The van der Waals surface area contributed by atoms with Crippen molar-refractivity contribution in [1.29, 1.82) is 0 Å². The number of halogens is 1. The molecule has 3 nitrogen and oxygen atoms in total. The van der Waals surface area contributed by atoms with Gasteiger partial charge in [0.25, 0.3) is 0 Å². The second-order valence-corrected chi connectivity index (χ2v) is 4.70. The SMILES string of the molecule is COc1cc(C(CC2CC2)NN)ccc1Cl. The highest BCUT2D eigenvalue weighted by molar-refractivity contribution is 6.32. The molecule has 88 valence electrons. The summed E-state index contributed by atoms with van der Waals surface area (Å²) in [5.74, 6) is 7.11. The topological polar surface area (TPSA) is 47.3 Å². The van der Waals surface area contributed by atoms with E-state index in [1.807, 2.05) is 18.2 Å². The number of rotatable bonds is 5. The molecule has 0 aromatic heterocycles. The van der Waals surface area contributed by atoms with Gasteiger partial charge in [0, 0.05) is 6.04 Å². The molecular formula is C12H17ClN2O. The molecule has 2 rings (SSSR count). The fraction of sp³-hybridized carbons (Fsp3) is 0.500. The Morgan fingerprint density at radius 3 is 2.88 bits per heavy atom. The molecule has 1 aliphatic rings. The smallest absolute Gasteiger partial charge is 0.137 e. The molecule has 1 aromatic carbocycles. The van der Waals surface area contributed by atoms with Gasteiger partial charge in [0.1, 0.15) is 5.75 Å². The zero-order chi connectivity index (χ0) is 11.5. The quantitative estimate of drug-likeness (QED) is 0.615. The monoisotopic (exact) mass is 240 g/mol. The molecule has 0 radical (unpaired) electrons. The van der Waals surface area contributed by atoms with E-state index in [-0.39, 0.29) is 6.04 Å². The van der Waals surface area contributed by atoms with Gasteiger partial charge in [-0.05, 0) is 30.0 Å². The van der Waals surface area contributed by atoms with Gasteiger partial charge in [0.2, 0.25) is 0 Å². The summed E-state index contributed by atoms with van der Waals surface area (Å²) in [6.07, 6.45) is 3.73. The van der Waals surface area contributed by atoms with E-state index in [1.165, 1.54) is 12.8 Å². The van der Waals surface area contributed by atoms with Crippen LogP contribution in [-0.4, -0.2) is 7.11 Å². The maximum Gasteiger partial charge on any atom is 0.137 e. The van der Waals surface area contributed by atoms with Gasteiger partial charge < -0.3 is 4.74 Å². The van der Waals surface area contributed by atoms with Crippen LogP contribution in [0, 0.1) is 5.92 Å². The third-order valence-corrected chi connectivity index (χ3v) is 3.36. The Labute approximate surface area is 101 Å².